The van der Waals surface area contributed by atoms with E-state index in [1.807, 2.05) is 25.1 Å². The molecule has 0 saturated heterocycles. The molecule has 2 aromatic heterocycles. The molecular weight excluding hydrogens is 420 g/mol. The molecule has 0 radical (unpaired) electrons. The number of carbonyl (C=O) groups excluding carboxylic acids is 1. The predicted octanol–water partition coefficient (Wildman–Crippen LogP) is 2.02. The van der Waals surface area contributed by atoms with Crippen LogP contribution in [0.2, 0.25) is 0 Å². The molecule has 0 unspecified atom stereocenters. The van der Waals surface area contributed by atoms with E-state index in [4.69, 9.17) is 10.5 Å². The van der Waals surface area contributed by atoms with Crippen molar-refractivity contribution in [3.8, 4) is 5.75 Å². The number of nitrogens with two attached hydrogens (primary N) is 1. The lowest BCUT2D eigenvalue weighted by molar-refractivity contribution is -0.111. The molecule has 168 valence electrons. The number of fused-ring (bicyclic) bond motifs is 2. The van der Waals surface area contributed by atoms with Crippen LogP contribution in [0.3, 0.4) is 0 Å². The Bertz CT molecular complexity index is 1220. The molecule has 3 aromatic rings. The lowest BCUT2D eigenvalue weighted by Crippen LogP contribution is -2.34. The first-order chi connectivity index (χ1) is 16.0. The summed E-state index contributed by atoms with van der Waals surface area (Å²) in [6.45, 7) is 3.02. The minimum Gasteiger partial charge on any atom is -0.484 e. The van der Waals surface area contributed by atoms with Gasteiger partial charge in [-0.2, -0.15) is 0 Å². The molecule has 0 bridgehead atoms. The summed E-state index contributed by atoms with van der Waals surface area (Å²) >= 11 is 0. The fourth-order valence-electron chi connectivity index (χ4n) is 4.25. The van der Waals surface area contributed by atoms with Crippen LogP contribution in [0.1, 0.15) is 29.6 Å². The second kappa shape index (κ2) is 8.18. The van der Waals surface area contributed by atoms with Gasteiger partial charge in [-0.3, -0.25) is 9.78 Å². The van der Waals surface area contributed by atoms with Crippen molar-refractivity contribution in [1.29, 1.82) is 0 Å². The van der Waals surface area contributed by atoms with Gasteiger partial charge >= 0.3 is 0 Å². The van der Waals surface area contributed by atoms with Gasteiger partial charge in [-0.25, -0.2) is 9.97 Å². The first kappa shape index (κ1) is 20.9. The Balaban J connectivity index is 1.51. The summed E-state index contributed by atoms with van der Waals surface area (Å²) in [5, 5.41) is 12.8. The van der Waals surface area contributed by atoms with Gasteiger partial charge in [0.05, 0.1) is 35.8 Å². The maximum atomic E-state index is 13.2. The van der Waals surface area contributed by atoms with E-state index in [9.17, 15) is 9.90 Å². The fourth-order valence-corrected chi connectivity index (χ4v) is 4.25. The van der Waals surface area contributed by atoms with E-state index in [0.29, 0.717) is 30.9 Å². The van der Waals surface area contributed by atoms with E-state index in [2.05, 4.69) is 31.2 Å². The second-order valence-electron chi connectivity index (χ2n) is 8.44. The molecule has 2 aliphatic heterocycles. The van der Waals surface area contributed by atoms with Gasteiger partial charge in [-0.05, 0) is 30.7 Å². The van der Waals surface area contributed by atoms with Crippen molar-refractivity contribution in [2.75, 3.05) is 16.8 Å². The molecule has 0 spiro atoms. The normalized spacial score (nSPS) is 19.1. The lowest BCUT2D eigenvalue weighted by Gasteiger charge is -2.23. The lowest BCUT2D eigenvalue weighted by atomic mass is 9.99. The predicted molar refractivity (Wildman–Crippen MR) is 123 cm³/mol. The second-order valence-corrected chi connectivity index (χ2v) is 8.44. The molecule has 0 fully saturated rings. The molecule has 2 aliphatic rings. The molecule has 4 N–H and O–H groups in total. The van der Waals surface area contributed by atoms with Crippen LogP contribution in [0, 0.1) is 0 Å². The van der Waals surface area contributed by atoms with Crippen LogP contribution < -0.4 is 20.7 Å². The Labute approximate surface area is 191 Å². The average Bonchev–Trinajstić information content (AvgIpc) is 3.40. The standard InChI is InChI=1S/C24H24N6O3/c1-24(14-31)10-16-8-18(29-23(32)17(11-25)22-27-6-3-7-28-22)20(9-21(16)33-24)30-12-15-4-2-5-26-19(15)13-30/h2-9,11,31H,10,12-14,25H2,1H3,(H,29,32)/b17-11+/t24-/m0/s1. The maximum absolute atomic E-state index is 13.2. The molecule has 5 rings (SSSR count). The zero-order chi connectivity index (χ0) is 23.0. The van der Waals surface area contributed by atoms with Crippen LogP contribution in [-0.4, -0.2) is 38.2 Å². The van der Waals surface area contributed by atoms with Gasteiger partial charge in [0.25, 0.3) is 5.91 Å². The van der Waals surface area contributed by atoms with Gasteiger partial charge in [0.1, 0.15) is 11.4 Å². The minimum atomic E-state index is -0.696. The van der Waals surface area contributed by atoms with E-state index < -0.39 is 11.5 Å². The van der Waals surface area contributed by atoms with E-state index >= 15 is 0 Å². The maximum Gasteiger partial charge on any atom is 0.261 e. The van der Waals surface area contributed by atoms with Crippen molar-refractivity contribution in [1.82, 2.24) is 15.0 Å². The number of amides is 1. The summed E-state index contributed by atoms with van der Waals surface area (Å²) < 4.78 is 6.06. The number of hydrogen-bond donors (Lipinski definition) is 3. The SMILES string of the molecule is C[C@@]1(CO)Cc2cc(NC(=O)/C(=C/N)c3ncccn3)c(N3Cc4cccnc4C3)cc2O1. The number of anilines is 2. The number of nitrogens with zero attached hydrogens (tertiary/aromatic N) is 4. The van der Waals surface area contributed by atoms with E-state index in [1.54, 1.807) is 24.7 Å². The first-order valence-electron chi connectivity index (χ1n) is 10.6. The van der Waals surface area contributed by atoms with Crippen molar-refractivity contribution < 1.29 is 14.6 Å². The van der Waals surface area contributed by atoms with Crippen molar-refractivity contribution >= 4 is 22.9 Å². The van der Waals surface area contributed by atoms with E-state index in [0.717, 1.165) is 22.5 Å². The molecule has 1 amide bonds. The van der Waals surface area contributed by atoms with Gasteiger partial charge in [-0.1, -0.05) is 6.07 Å². The van der Waals surface area contributed by atoms with Crippen LogP contribution in [0.4, 0.5) is 11.4 Å². The Kier molecular flexibility index (Phi) is 5.18. The molecule has 1 atom stereocenters. The summed E-state index contributed by atoms with van der Waals surface area (Å²) in [5.41, 5.74) is 9.69. The highest BCUT2D eigenvalue weighted by Gasteiger charge is 2.36. The van der Waals surface area contributed by atoms with Crippen LogP contribution in [0.25, 0.3) is 5.57 Å². The van der Waals surface area contributed by atoms with E-state index in [1.165, 1.54) is 6.20 Å². The highest BCUT2D eigenvalue weighted by atomic mass is 16.5. The van der Waals surface area contributed by atoms with Gasteiger partial charge < -0.3 is 25.8 Å². The number of benzene rings is 1. The van der Waals surface area contributed by atoms with E-state index in [-0.39, 0.29) is 18.0 Å². The molecule has 33 heavy (non-hydrogen) atoms. The number of hydrogen-bond acceptors (Lipinski definition) is 8. The minimum absolute atomic E-state index is 0.108. The molecular formula is C24H24N6O3. The van der Waals surface area contributed by atoms with Crippen molar-refractivity contribution in [3.63, 3.8) is 0 Å². The third-order valence-corrected chi connectivity index (χ3v) is 5.93. The summed E-state index contributed by atoms with van der Waals surface area (Å²) in [6, 6.07) is 9.46. The summed E-state index contributed by atoms with van der Waals surface area (Å²) in [5.74, 6) is 0.530. The van der Waals surface area contributed by atoms with Crippen LogP contribution in [0.15, 0.2) is 55.1 Å². The number of ether oxygens (including phenoxy) is 1. The fraction of sp³-hybridized carbons (Fsp3) is 0.250. The number of aromatic nitrogens is 3. The molecule has 1 aromatic carbocycles. The van der Waals surface area contributed by atoms with Crippen LogP contribution in [-0.2, 0) is 24.3 Å². The first-order valence-corrected chi connectivity index (χ1v) is 10.6. The largest absolute Gasteiger partial charge is 0.484 e. The van der Waals surface area contributed by atoms with Crippen molar-refractivity contribution in [3.05, 3.63) is 77.8 Å². The average molecular weight is 444 g/mol. The Morgan fingerprint density at radius 3 is 2.73 bits per heavy atom. The summed E-state index contributed by atoms with van der Waals surface area (Å²) in [7, 11) is 0. The highest BCUT2D eigenvalue weighted by Crippen LogP contribution is 2.43. The van der Waals surface area contributed by atoms with Gasteiger partial charge in [-0.15, -0.1) is 0 Å². The molecule has 0 aliphatic carbocycles. The van der Waals surface area contributed by atoms with Crippen molar-refractivity contribution in [2.45, 2.75) is 32.0 Å². The molecule has 4 heterocycles. The summed E-state index contributed by atoms with van der Waals surface area (Å²) in [6.07, 6.45) is 6.63. The van der Waals surface area contributed by atoms with Gasteiger partial charge in [0.15, 0.2) is 5.82 Å². The number of aliphatic hydroxyl groups is 1. The Hall–Kier alpha value is -3.98. The quantitative estimate of drug-likeness (QED) is 0.510. The smallest absolute Gasteiger partial charge is 0.261 e. The van der Waals surface area contributed by atoms with Crippen LogP contribution in [0.5, 0.6) is 5.75 Å². The monoisotopic (exact) mass is 444 g/mol. The Morgan fingerprint density at radius 1 is 1.21 bits per heavy atom. The van der Waals surface area contributed by atoms with Crippen molar-refractivity contribution in [2.24, 2.45) is 5.73 Å². The number of carbonyl (C=O) groups is 1. The zero-order valence-electron chi connectivity index (χ0n) is 18.2. The van der Waals surface area contributed by atoms with Gasteiger partial charge in [0, 0.05) is 49.4 Å². The zero-order valence-corrected chi connectivity index (χ0v) is 18.2. The molecule has 9 nitrogen and oxygen atoms in total. The number of pyridine rings is 1. The number of nitrogens with one attached hydrogen (secondary N) is 1. The van der Waals surface area contributed by atoms with Gasteiger partial charge in [0.2, 0.25) is 0 Å². The number of aliphatic hydroxyl groups excluding tert-OH is 1. The molecule has 9 heteroatoms. The third-order valence-electron chi connectivity index (χ3n) is 5.93. The Morgan fingerprint density at radius 2 is 2.00 bits per heavy atom. The number of rotatable bonds is 5. The highest BCUT2D eigenvalue weighted by molar-refractivity contribution is 6.24. The van der Waals surface area contributed by atoms with Crippen LogP contribution >= 0.6 is 0 Å². The summed E-state index contributed by atoms with van der Waals surface area (Å²) in [4.78, 5) is 28.1. The molecule has 0 saturated carbocycles. The third kappa shape index (κ3) is 3.87. The topological polar surface area (TPSA) is 126 Å².